The molecule has 1 aliphatic heterocycles. The largest absolute Gasteiger partial charge is 0.334 e. The molecule has 0 unspecified atom stereocenters. The van der Waals surface area contributed by atoms with Crippen molar-refractivity contribution in [2.45, 2.75) is 12.6 Å². The van der Waals surface area contributed by atoms with Crippen LogP contribution in [0.2, 0.25) is 0 Å². The molecule has 1 aromatic carbocycles. The van der Waals surface area contributed by atoms with Gasteiger partial charge in [-0.3, -0.25) is 4.90 Å². The van der Waals surface area contributed by atoms with Crippen LogP contribution < -0.4 is 5.73 Å². The smallest absolute Gasteiger partial charge is 0.257 e. The minimum Gasteiger partial charge on any atom is -0.334 e. The second kappa shape index (κ2) is 4.47. The van der Waals surface area contributed by atoms with Crippen molar-refractivity contribution in [1.82, 2.24) is 15.0 Å². The number of nitrogens with two attached hydrogens (primary N) is 1. The summed E-state index contributed by atoms with van der Waals surface area (Å²) < 4.78 is 17.9. The number of benzene rings is 1. The third kappa shape index (κ3) is 2.25. The predicted molar refractivity (Wildman–Crippen MR) is 62.9 cm³/mol. The Hall–Kier alpha value is -1.79. The molecule has 5 nitrogen and oxygen atoms in total. The summed E-state index contributed by atoms with van der Waals surface area (Å²) in [6.07, 6.45) is 0. The van der Waals surface area contributed by atoms with Crippen molar-refractivity contribution in [3.05, 3.63) is 35.9 Å². The van der Waals surface area contributed by atoms with Gasteiger partial charge >= 0.3 is 0 Å². The van der Waals surface area contributed by atoms with Crippen molar-refractivity contribution in [2.24, 2.45) is 5.73 Å². The molecule has 1 aliphatic rings. The van der Waals surface area contributed by atoms with Crippen LogP contribution in [-0.4, -0.2) is 34.2 Å². The second-order valence-corrected chi connectivity index (χ2v) is 4.48. The zero-order chi connectivity index (χ0) is 12.5. The van der Waals surface area contributed by atoms with Gasteiger partial charge in [0.15, 0.2) is 5.82 Å². The minimum absolute atomic E-state index is 0.258. The fraction of sp³-hybridized carbons (Fsp3) is 0.333. The van der Waals surface area contributed by atoms with Crippen LogP contribution in [0.25, 0.3) is 11.5 Å². The molecule has 1 saturated heterocycles. The fourth-order valence-corrected chi connectivity index (χ4v) is 1.97. The lowest BCUT2D eigenvalue weighted by Gasteiger charge is -2.35. The summed E-state index contributed by atoms with van der Waals surface area (Å²) in [7, 11) is 0. The lowest BCUT2D eigenvalue weighted by molar-refractivity contribution is 0.137. The van der Waals surface area contributed by atoms with Crippen molar-refractivity contribution in [3.8, 4) is 11.5 Å². The van der Waals surface area contributed by atoms with Gasteiger partial charge in [-0.25, -0.2) is 4.39 Å². The molecule has 6 heteroatoms. The molecule has 18 heavy (non-hydrogen) atoms. The highest BCUT2D eigenvalue weighted by Crippen LogP contribution is 2.18. The first-order chi connectivity index (χ1) is 8.70. The molecule has 0 aliphatic carbocycles. The Balaban J connectivity index is 1.71. The van der Waals surface area contributed by atoms with E-state index in [2.05, 4.69) is 15.0 Å². The van der Waals surface area contributed by atoms with Crippen LogP contribution in [0.5, 0.6) is 0 Å². The molecular weight excluding hydrogens is 235 g/mol. The van der Waals surface area contributed by atoms with Gasteiger partial charge in [0.1, 0.15) is 5.82 Å². The molecule has 94 valence electrons. The number of halogens is 1. The third-order valence-electron chi connectivity index (χ3n) is 2.91. The molecule has 0 radical (unpaired) electrons. The quantitative estimate of drug-likeness (QED) is 0.878. The molecule has 1 fully saturated rings. The van der Waals surface area contributed by atoms with Gasteiger partial charge in [0.25, 0.3) is 5.89 Å². The standard InChI is InChI=1S/C12H13FN4O/c13-9-3-1-8(2-4-9)12-15-11(16-18-12)7-17-5-10(14)6-17/h1-4,10H,5-7,14H2. The van der Waals surface area contributed by atoms with Crippen molar-refractivity contribution in [1.29, 1.82) is 0 Å². The highest BCUT2D eigenvalue weighted by Gasteiger charge is 2.24. The molecule has 3 rings (SSSR count). The Morgan fingerprint density at radius 2 is 2.06 bits per heavy atom. The van der Waals surface area contributed by atoms with E-state index in [-0.39, 0.29) is 11.9 Å². The SMILES string of the molecule is NC1CN(Cc2noc(-c3ccc(F)cc3)n2)C1. The lowest BCUT2D eigenvalue weighted by Crippen LogP contribution is -2.55. The summed E-state index contributed by atoms with van der Waals surface area (Å²) in [6, 6.07) is 6.23. The van der Waals surface area contributed by atoms with Gasteiger partial charge in [-0.15, -0.1) is 0 Å². The van der Waals surface area contributed by atoms with E-state index in [4.69, 9.17) is 10.3 Å². The molecule has 2 aromatic rings. The van der Waals surface area contributed by atoms with Crippen LogP contribution in [0.4, 0.5) is 4.39 Å². The maximum Gasteiger partial charge on any atom is 0.257 e. The number of hydrogen-bond acceptors (Lipinski definition) is 5. The summed E-state index contributed by atoms with van der Waals surface area (Å²) in [5.41, 5.74) is 6.41. The normalized spacial score (nSPS) is 16.8. The molecule has 1 aromatic heterocycles. The Kier molecular flexibility index (Phi) is 2.81. The van der Waals surface area contributed by atoms with Crippen LogP contribution in [0, 0.1) is 5.82 Å². The van der Waals surface area contributed by atoms with E-state index in [1.165, 1.54) is 12.1 Å². The highest BCUT2D eigenvalue weighted by atomic mass is 19.1. The zero-order valence-electron chi connectivity index (χ0n) is 9.71. The Bertz CT molecular complexity index is 533. The Morgan fingerprint density at radius 3 is 2.72 bits per heavy atom. The number of rotatable bonds is 3. The van der Waals surface area contributed by atoms with Crippen molar-refractivity contribution >= 4 is 0 Å². The van der Waals surface area contributed by atoms with Crippen molar-refractivity contribution in [2.75, 3.05) is 13.1 Å². The van der Waals surface area contributed by atoms with Crippen LogP contribution in [0.15, 0.2) is 28.8 Å². The van der Waals surface area contributed by atoms with Gasteiger partial charge in [0, 0.05) is 24.7 Å². The molecule has 2 N–H and O–H groups in total. The van der Waals surface area contributed by atoms with Crippen LogP contribution >= 0.6 is 0 Å². The molecule has 0 saturated carbocycles. The monoisotopic (exact) mass is 248 g/mol. The molecule has 0 amide bonds. The molecular formula is C12H13FN4O. The van der Waals surface area contributed by atoms with Crippen molar-refractivity contribution < 1.29 is 8.91 Å². The van der Waals surface area contributed by atoms with Gasteiger partial charge < -0.3 is 10.3 Å². The first-order valence-electron chi connectivity index (χ1n) is 5.77. The highest BCUT2D eigenvalue weighted by molar-refractivity contribution is 5.52. The van der Waals surface area contributed by atoms with E-state index >= 15 is 0 Å². The number of nitrogens with zero attached hydrogens (tertiary/aromatic N) is 3. The third-order valence-corrected chi connectivity index (χ3v) is 2.91. The van der Waals surface area contributed by atoms with E-state index in [9.17, 15) is 4.39 Å². The summed E-state index contributed by atoms with van der Waals surface area (Å²) in [5.74, 6) is 0.754. The lowest BCUT2D eigenvalue weighted by atomic mass is 10.1. The summed E-state index contributed by atoms with van der Waals surface area (Å²) in [4.78, 5) is 6.42. The summed E-state index contributed by atoms with van der Waals surface area (Å²) in [6.45, 7) is 2.36. The second-order valence-electron chi connectivity index (χ2n) is 4.48. The van der Waals surface area contributed by atoms with Gasteiger partial charge in [-0.1, -0.05) is 5.16 Å². The Morgan fingerprint density at radius 1 is 1.33 bits per heavy atom. The van der Waals surface area contributed by atoms with Gasteiger partial charge in [-0.05, 0) is 24.3 Å². The molecule has 2 heterocycles. The molecule has 0 atom stereocenters. The van der Waals surface area contributed by atoms with Crippen molar-refractivity contribution in [3.63, 3.8) is 0 Å². The molecule has 0 spiro atoms. The van der Waals surface area contributed by atoms with Crippen LogP contribution in [0.3, 0.4) is 0 Å². The average Bonchev–Trinajstić information content (AvgIpc) is 2.77. The summed E-state index contributed by atoms with van der Waals surface area (Å²) >= 11 is 0. The van der Waals surface area contributed by atoms with E-state index in [0.29, 0.717) is 18.3 Å². The van der Waals surface area contributed by atoms with Crippen LogP contribution in [0.1, 0.15) is 5.82 Å². The minimum atomic E-state index is -0.284. The Labute approximate surface area is 103 Å². The number of hydrogen-bond donors (Lipinski definition) is 1. The zero-order valence-corrected chi connectivity index (χ0v) is 9.71. The van der Waals surface area contributed by atoms with Gasteiger partial charge in [0.2, 0.25) is 0 Å². The number of likely N-dealkylation sites (tertiary alicyclic amines) is 1. The first kappa shape index (κ1) is 11.3. The fourth-order valence-electron chi connectivity index (χ4n) is 1.97. The topological polar surface area (TPSA) is 68.2 Å². The van der Waals surface area contributed by atoms with E-state index in [0.717, 1.165) is 18.7 Å². The maximum atomic E-state index is 12.8. The van der Waals surface area contributed by atoms with Gasteiger partial charge in [0.05, 0.1) is 6.54 Å². The van der Waals surface area contributed by atoms with Gasteiger partial charge in [-0.2, -0.15) is 4.98 Å². The van der Waals surface area contributed by atoms with E-state index in [1.54, 1.807) is 12.1 Å². The average molecular weight is 248 g/mol. The summed E-state index contributed by atoms with van der Waals surface area (Å²) in [5, 5.41) is 3.90. The maximum absolute atomic E-state index is 12.8. The van der Waals surface area contributed by atoms with Crippen LogP contribution in [-0.2, 0) is 6.54 Å². The van der Waals surface area contributed by atoms with E-state index in [1.807, 2.05) is 0 Å². The molecule has 0 bridgehead atoms. The predicted octanol–water partition coefficient (Wildman–Crippen LogP) is 1.02. The van der Waals surface area contributed by atoms with E-state index < -0.39 is 0 Å². The number of aromatic nitrogens is 2. The first-order valence-corrected chi connectivity index (χ1v) is 5.77.